The standard InChI is InChI=1S/C3H4ClN3/c4-7-2-3(5)1-6-7/h1-2H,5H2. The summed E-state index contributed by atoms with van der Waals surface area (Å²) in [5.74, 6) is 0. The van der Waals surface area contributed by atoms with Gasteiger partial charge in [-0.2, -0.15) is 9.30 Å². The van der Waals surface area contributed by atoms with Gasteiger partial charge in [-0.1, -0.05) is 0 Å². The van der Waals surface area contributed by atoms with E-state index in [2.05, 4.69) is 5.10 Å². The van der Waals surface area contributed by atoms with Gasteiger partial charge in [-0.3, -0.25) is 0 Å². The number of halogens is 1. The van der Waals surface area contributed by atoms with Gasteiger partial charge in [0.25, 0.3) is 0 Å². The van der Waals surface area contributed by atoms with Gasteiger partial charge < -0.3 is 5.73 Å². The van der Waals surface area contributed by atoms with Gasteiger partial charge in [0.05, 0.1) is 18.1 Å². The Morgan fingerprint density at radius 1 is 1.86 bits per heavy atom. The molecule has 0 bridgehead atoms. The monoisotopic (exact) mass is 117 g/mol. The first-order valence-electron chi connectivity index (χ1n) is 1.75. The molecular weight excluding hydrogens is 114 g/mol. The van der Waals surface area contributed by atoms with E-state index in [9.17, 15) is 0 Å². The molecule has 0 spiro atoms. The normalized spacial score (nSPS) is 9.29. The van der Waals surface area contributed by atoms with E-state index in [0.717, 1.165) is 4.20 Å². The third-order valence-electron chi connectivity index (χ3n) is 0.573. The molecular formula is C3H4ClN3. The quantitative estimate of drug-likeness (QED) is 0.537. The zero-order chi connectivity index (χ0) is 5.28. The van der Waals surface area contributed by atoms with Gasteiger partial charge in [-0.15, -0.1) is 0 Å². The lowest BCUT2D eigenvalue weighted by Gasteiger charge is -1.73. The Morgan fingerprint density at radius 3 is 2.71 bits per heavy atom. The number of nitrogens with zero attached hydrogens (tertiary/aromatic N) is 2. The van der Waals surface area contributed by atoms with E-state index >= 15 is 0 Å². The number of aromatic nitrogens is 2. The van der Waals surface area contributed by atoms with Crippen molar-refractivity contribution in [2.45, 2.75) is 0 Å². The minimum Gasteiger partial charge on any atom is -0.396 e. The highest BCUT2D eigenvalue weighted by Gasteiger charge is 1.84. The van der Waals surface area contributed by atoms with Crippen molar-refractivity contribution < 1.29 is 0 Å². The van der Waals surface area contributed by atoms with Crippen molar-refractivity contribution in [2.75, 3.05) is 5.73 Å². The third kappa shape index (κ3) is 0.838. The fourth-order valence-corrected chi connectivity index (χ4v) is 0.468. The van der Waals surface area contributed by atoms with Crippen LogP contribution in [0.3, 0.4) is 0 Å². The number of hydrogen-bond donors (Lipinski definition) is 1. The van der Waals surface area contributed by atoms with Crippen LogP contribution in [0.1, 0.15) is 0 Å². The van der Waals surface area contributed by atoms with E-state index in [4.69, 9.17) is 17.5 Å². The molecule has 0 aromatic carbocycles. The summed E-state index contributed by atoms with van der Waals surface area (Å²) in [6.45, 7) is 0. The first-order chi connectivity index (χ1) is 3.29. The molecule has 1 aromatic rings. The predicted octanol–water partition coefficient (Wildman–Crippen LogP) is 0.467. The fourth-order valence-electron chi connectivity index (χ4n) is 0.311. The molecule has 0 aliphatic rings. The van der Waals surface area contributed by atoms with Gasteiger partial charge in [0.15, 0.2) is 0 Å². The average molecular weight is 118 g/mol. The smallest absolute Gasteiger partial charge is 0.0734 e. The van der Waals surface area contributed by atoms with E-state index in [1.54, 1.807) is 0 Å². The second-order valence-corrected chi connectivity index (χ2v) is 1.51. The van der Waals surface area contributed by atoms with Crippen LogP contribution in [-0.2, 0) is 0 Å². The van der Waals surface area contributed by atoms with Gasteiger partial charge in [-0.05, 0) is 0 Å². The third-order valence-corrected chi connectivity index (χ3v) is 0.758. The summed E-state index contributed by atoms with van der Waals surface area (Å²) in [7, 11) is 0. The summed E-state index contributed by atoms with van der Waals surface area (Å²) in [6.07, 6.45) is 2.99. The summed E-state index contributed by atoms with van der Waals surface area (Å²) in [6, 6.07) is 0. The molecule has 0 unspecified atom stereocenters. The van der Waals surface area contributed by atoms with Crippen molar-refractivity contribution in [3.63, 3.8) is 0 Å². The van der Waals surface area contributed by atoms with Crippen LogP contribution in [0.2, 0.25) is 0 Å². The van der Waals surface area contributed by atoms with Crippen LogP contribution >= 0.6 is 11.8 Å². The van der Waals surface area contributed by atoms with E-state index in [-0.39, 0.29) is 0 Å². The minimum atomic E-state index is 0.579. The van der Waals surface area contributed by atoms with Crippen LogP contribution in [0.4, 0.5) is 5.69 Å². The summed E-state index contributed by atoms with van der Waals surface area (Å²) in [5.41, 5.74) is 5.79. The Labute approximate surface area is 45.8 Å². The van der Waals surface area contributed by atoms with Crippen molar-refractivity contribution >= 4 is 17.5 Å². The minimum absolute atomic E-state index is 0.579. The van der Waals surface area contributed by atoms with E-state index in [1.165, 1.54) is 12.4 Å². The molecule has 4 heteroatoms. The Morgan fingerprint density at radius 2 is 2.57 bits per heavy atom. The molecule has 0 aliphatic carbocycles. The number of nitrogens with two attached hydrogens (primary N) is 1. The highest BCUT2D eigenvalue weighted by molar-refractivity contribution is 6.14. The molecule has 1 heterocycles. The first kappa shape index (κ1) is 4.46. The van der Waals surface area contributed by atoms with Gasteiger partial charge in [-0.25, -0.2) is 0 Å². The molecule has 0 fully saturated rings. The lowest BCUT2D eigenvalue weighted by Crippen LogP contribution is -1.77. The Bertz CT molecular complexity index is 142. The number of hydrogen-bond acceptors (Lipinski definition) is 2. The number of rotatable bonds is 0. The molecule has 2 N–H and O–H groups in total. The van der Waals surface area contributed by atoms with E-state index < -0.39 is 0 Å². The summed E-state index contributed by atoms with van der Waals surface area (Å²) >= 11 is 5.29. The highest BCUT2D eigenvalue weighted by Crippen LogP contribution is 1.97. The molecule has 1 aromatic heterocycles. The largest absolute Gasteiger partial charge is 0.396 e. The van der Waals surface area contributed by atoms with Crippen LogP contribution in [0.15, 0.2) is 12.4 Å². The molecule has 7 heavy (non-hydrogen) atoms. The molecule has 1 rings (SSSR count). The Kier molecular flexibility index (Phi) is 0.906. The van der Waals surface area contributed by atoms with Crippen molar-refractivity contribution in [3.05, 3.63) is 12.4 Å². The number of anilines is 1. The van der Waals surface area contributed by atoms with Gasteiger partial charge in [0, 0.05) is 11.8 Å². The predicted molar refractivity (Wildman–Crippen MR) is 27.9 cm³/mol. The van der Waals surface area contributed by atoms with Crippen molar-refractivity contribution in [1.82, 2.24) is 9.30 Å². The summed E-state index contributed by atoms with van der Waals surface area (Å²) < 4.78 is 1.13. The van der Waals surface area contributed by atoms with Crippen LogP contribution in [-0.4, -0.2) is 9.30 Å². The molecule has 0 aliphatic heterocycles. The average Bonchev–Trinajstić information content (AvgIpc) is 1.87. The van der Waals surface area contributed by atoms with Gasteiger partial charge in [0.2, 0.25) is 0 Å². The lowest BCUT2D eigenvalue weighted by atomic mass is 10.6. The van der Waals surface area contributed by atoms with Crippen molar-refractivity contribution in [2.24, 2.45) is 0 Å². The van der Waals surface area contributed by atoms with Crippen LogP contribution in [0.5, 0.6) is 0 Å². The van der Waals surface area contributed by atoms with Crippen LogP contribution < -0.4 is 5.73 Å². The van der Waals surface area contributed by atoms with E-state index in [1.807, 2.05) is 0 Å². The van der Waals surface area contributed by atoms with E-state index in [0.29, 0.717) is 5.69 Å². The molecule has 3 nitrogen and oxygen atoms in total. The SMILES string of the molecule is Nc1cnn(Cl)c1. The topological polar surface area (TPSA) is 43.8 Å². The molecule has 0 radical (unpaired) electrons. The second-order valence-electron chi connectivity index (χ2n) is 1.16. The van der Waals surface area contributed by atoms with Crippen LogP contribution in [0, 0.1) is 0 Å². The first-order valence-corrected chi connectivity index (χ1v) is 2.09. The van der Waals surface area contributed by atoms with Gasteiger partial charge in [0.1, 0.15) is 0 Å². The maximum absolute atomic E-state index is 5.29. The maximum Gasteiger partial charge on any atom is 0.0734 e. The molecule has 0 saturated heterocycles. The van der Waals surface area contributed by atoms with Crippen LogP contribution in [0.25, 0.3) is 0 Å². The number of nitrogen functional groups attached to an aromatic ring is 1. The second kappa shape index (κ2) is 1.42. The summed E-state index contributed by atoms with van der Waals surface area (Å²) in [4.78, 5) is 0. The molecule has 0 saturated carbocycles. The highest BCUT2D eigenvalue weighted by atomic mass is 35.5. The maximum atomic E-state index is 5.29. The Balaban J connectivity index is 3.04. The van der Waals surface area contributed by atoms with Crippen molar-refractivity contribution in [1.29, 1.82) is 0 Å². The zero-order valence-corrected chi connectivity index (χ0v) is 4.26. The summed E-state index contributed by atoms with van der Waals surface area (Å²) in [5, 5.41) is 3.57. The van der Waals surface area contributed by atoms with Crippen molar-refractivity contribution in [3.8, 4) is 0 Å². The van der Waals surface area contributed by atoms with Gasteiger partial charge >= 0.3 is 0 Å². The zero-order valence-electron chi connectivity index (χ0n) is 3.50. The molecule has 0 atom stereocenters. The fraction of sp³-hybridized carbons (Fsp3) is 0. The molecule has 0 amide bonds. The molecule has 38 valence electrons. The Hall–Kier alpha value is -0.700. The lowest BCUT2D eigenvalue weighted by molar-refractivity contribution is 0.994.